The Morgan fingerprint density at radius 3 is 2.73 bits per heavy atom. The Bertz CT molecular complexity index is 723. The van der Waals surface area contributed by atoms with Crippen LogP contribution < -0.4 is 10.1 Å². The van der Waals surface area contributed by atoms with Gasteiger partial charge in [0.15, 0.2) is 0 Å². The third-order valence-electron chi connectivity index (χ3n) is 3.47. The summed E-state index contributed by atoms with van der Waals surface area (Å²) in [6, 6.07) is 11.5. The molecule has 2 aromatic carbocycles. The predicted molar refractivity (Wildman–Crippen MR) is 94.3 cm³/mol. The number of rotatable bonds is 4. The van der Waals surface area contributed by atoms with Gasteiger partial charge in [-0.05, 0) is 55.3 Å². The molecule has 0 saturated carbocycles. The van der Waals surface area contributed by atoms with Gasteiger partial charge >= 0.3 is 0 Å². The lowest BCUT2D eigenvalue weighted by Gasteiger charge is -2.09. The minimum Gasteiger partial charge on any atom is -0.496 e. The minimum absolute atomic E-state index is 0.171. The summed E-state index contributed by atoms with van der Waals surface area (Å²) in [6.45, 7) is 4.01. The van der Waals surface area contributed by atoms with Gasteiger partial charge in [-0.1, -0.05) is 28.1 Å². The van der Waals surface area contributed by atoms with E-state index in [2.05, 4.69) is 21.2 Å². The molecule has 0 atom stereocenters. The van der Waals surface area contributed by atoms with Crippen LogP contribution in [0, 0.1) is 13.8 Å². The summed E-state index contributed by atoms with van der Waals surface area (Å²) in [7, 11) is 1.61. The maximum atomic E-state index is 12.1. The number of amides is 1. The van der Waals surface area contributed by atoms with E-state index in [4.69, 9.17) is 4.74 Å². The summed E-state index contributed by atoms with van der Waals surface area (Å²) in [4.78, 5) is 12.1. The van der Waals surface area contributed by atoms with Gasteiger partial charge in [0.1, 0.15) is 5.75 Å². The van der Waals surface area contributed by atoms with Crippen LogP contribution in [-0.2, 0) is 4.79 Å². The molecule has 3 nitrogen and oxygen atoms in total. The highest BCUT2D eigenvalue weighted by Crippen LogP contribution is 2.24. The third-order valence-corrected chi connectivity index (χ3v) is 3.96. The number of halogens is 1. The van der Waals surface area contributed by atoms with Crippen molar-refractivity contribution in [3.05, 3.63) is 63.6 Å². The average Bonchev–Trinajstić information content (AvgIpc) is 2.50. The van der Waals surface area contributed by atoms with E-state index < -0.39 is 0 Å². The van der Waals surface area contributed by atoms with Crippen molar-refractivity contribution in [3.63, 3.8) is 0 Å². The molecule has 0 fully saturated rings. The topological polar surface area (TPSA) is 38.3 Å². The number of benzene rings is 2. The normalized spacial score (nSPS) is 10.7. The second kappa shape index (κ2) is 7.27. The number of nitrogens with one attached hydrogen (secondary N) is 1. The highest BCUT2D eigenvalue weighted by Gasteiger charge is 2.04. The summed E-state index contributed by atoms with van der Waals surface area (Å²) in [6.07, 6.45) is 3.25. The van der Waals surface area contributed by atoms with Crippen LogP contribution >= 0.6 is 15.9 Å². The van der Waals surface area contributed by atoms with Crippen LogP contribution in [0.3, 0.4) is 0 Å². The molecule has 0 aromatic heterocycles. The lowest BCUT2D eigenvalue weighted by molar-refractivity contribution is -0.111. The molecule has 0 spiro atoms. The van der Waals surface area contributed by atoms with Gasteiger partial charge in [-0.15, -0.1) is 0 Å². The van der Waals surface area contributed by atoms with E-state index >= 15 is 0 Å². The van der Waals surface area contributed by atoms with Gasteiger partial charge < -0.3 is 10.1 Å². The Hall–Kier alpha value is -2.07. The van der Waals surface area contributed by atoms with Crippen molar-refractivity contribution in [1.82, 2.24) is 0 Å². The first-order valence-electron chi connectivity index (χ1n) is 6.90. The van der Waals surface area contributed by atoms with E-state index in [0.29, 0.717) is 0 Å². The summed E-state index contributed by atoms with van der Waals surface area (Å²) in [5.41, 5.74) is 3.89. The van der Waals surface area contributed by atoms with Crippen molar-refractivity contribution >= 4 is 33.6 Å². The molecular weight excluding hydrogens is 342 g/mol. The van der Waals surface area contributed by atoms with Crippen LogP contribution in [0.25, 0.3) is 6.08 Å². The number of ether oxygens (including phenoxy) is 1. The van der Waals surface area contributed by atoms with E-state index in [1.54, 1.807) is 13.2 Å². The Morgan fingerprint density at radius 2 is 2.00 bits per heavy atom. The molecule has 0 aliphatic rings. The number of carbonyl (C=O) groups is 1. The molecular formula is C18H18BrNO2. The summed E-state index contributed by atoms with van der Waals surface area (Å²) in [5.74, 6) is 0.551. The zero-order chi connectivity index (χ0) is 16.1. The maximum absolute atomic E-state index is 12.1. The van der Waals surface area contributed by atoms with Gasteiger partial charge in [0.2, 0.25) is 5.91 Å². The highest BCUT2D eigenvalue weighted by atomic mass is 79.9. The van der Waals surface area contributed by atoms with Crippen LogP contribution in [-0.4, -0.2) is 13.0 Å². The Labute approximate surface area is 139 Å². The van der Waals surface area contributed by atoms with Gasteiger partial charge in [-0.3, -0.25) is 4.79 Å². The molecule has 1 amide bonds. The fourth-order valence-electron chi connectivity index (χ4n) is 2.06. The number of carbonyl (C=O) groups excluding carboxylic acids is 1. The Morgan fingerprint density at radius 1 is 1.23 bits per heavy atom. The zero-order valence-electron chi connectivity index (χ0n) is 12.8. The molecule has 0 saturated heterocycles. The summed E-state index contributed by atoms with van der Waals surface area (Å²) < 4.78 is 6.22. The molecule has 0 unspecified atom stereocenters. The van der Waals surface area contributed by atoms with Gasteiger partial charge in [-0.2, -0.15) is 0 Å². The van der Waals surface area contributed by atoms with Crippen LogP contribution in [0.2, 0.25) is 0 Å². The van der Waals surface area contributed by atoms with E-state index in [0.717, 1.165) is 32.6 Å². The van der Waals surface area contributed by atoms with Crippen molar-refractivity contribution < 1.29 is 9.53 Å². The molecule has 0 bridgehead atoms. The number of anilines is 1. The predicted octanol–water partition coefficient (Wildman–Crippen LogP) is 4.73. The largest absolute Gasteiger partial charge is 0.496 e. The average molecular weight is 360 g/mol. The van der Waals surface area contributed by atoms with Gasteiger partial charge in [-0.25, -0.2) is 0 Å². The number of hydrogen-bond acceptors (Lipinski definition) is 2. The standard InChI is InChI=1S/C18H18BrNO2/c1-12-5-4-6-16(13(12)2)20-18(21)10-7-14-11-15(19)8-9-17(14)22-3/h4-11H,1-3H3,(H,20,21)/b10-7+. The van der Waals surface area contributed by atoms with Gasteiger partial charge in [0.25, 0.3) is 0 Å². The monoisotopic (exact) mass is 359 g/mol. The second-order valence-corrected chi connectivity index (χ2v) is 5.87. The molecule has 0 aliphatic carbocycles. The lowest BCUT2D eigenvalue weighted by atomic mass is 10.1. The van der Waals surface area contributed by atoms with E-state index in [-0.39, 0.29) is 5.91 Å². The minimum atomic E-state index is -0.171. The van der Waals surface area contributed by atoms with Crippen LogP contribution in [0.5, 0.6) is 5.75 Å². The van der Waals surface area contributed by atoms with Gasteiger partial charge in [0.05, 0.1) is 7.11 Å². The third kappa shape index (κ3) is 3.98. The molecule has 1 N–H and O–H groups in total. The van der Waals surface area contributed by atoms with E-state index in [9.17, 15) is 4.79 Å². The fraction of sp³-hybridized carbons (Fsp3) is 0.167. The fourth-order valence-corrected chi connectivity index (χ4v) is 2.44. The Kier molecular flexibility index (Phi) is 5.39. The molecule has 0 radical (unpaired) electrons. The highest BCUT2D eigenvalue weighted by molar-refractivity contribution is 9.10. The van der Waals surface area contributed by atoms with E-state index in [1.807, 2.05) is 50.2 Å². The van der Waals surface area contributed by atoms with Crippen LogP contribution in [0.1, 0.15) is 16.7 Å². The quantitative estimate of drug-likeness (QED) is 0.801. The first-order chi connectivity index (χ1) is 10.5. The zero-order valence-corrected chi connectivity index (χ0v) is 14.4. The van der Waals surface area contributed by atoms with Crippen molar-refractivity contribution in [2.75, 3.05) is 12.4 Å². The number of hydrogen-bond donors (Lipinski definition) is 1. The van der Waals surface area contributed by atoms with Gasteiger partial charge in [0, 0.05) is 21.8 Å². The van der Waals surface area contributed by atoms with Crippen molar-refractivity contribution in [2.24, 2.45) is 0 Å². The maximum Gasteiger partial charge on any atom is 0.248 e. The summed E-state index contributed by atoms with van der Waals surface area (Å²) in [5, 5.41) is 2.90. The molecule has 22 heavy (non-hydrogen) atoms. The molecule has 0 heterocycles. The number of methoxy groups -OCH3 is 1. The number of aryl methyl sites for hydroxylation is 1. The smallest absolute Gasteiger partial charge is 0.248 e. The second-order valence-electron chi connectivity index (χ2n) is 4.96. The molecule has 2 rings (SSSR count). The first kappa shape index (κ1) is 16.3. The van der Waals surface area contributed by atoms with Crippen LogP contribution in [0.4, 0.5) is 5.69 Å². The lowest BCUT2D eigenvalue weighted by Crippen LogP contribution is -2.09. The van der Waals surface area contributed by atoms with Crippen LogP contribution in [0.15, 0.2) is 46.9 Å². The molecule has 114 valence electrons. The Balaban J connectivity index is 2.15. The molecule has 0 aliphatic heterocycles. The SMILES string of the molecule is COc1ccc(Br)cc1/C=C/C(=O)Nc1cccc(C)c1C. The van der Waals surface area contributed by atoms with E-state index in [1.165, 1.54) is 6.08 Å². The van der Waals surface area contributed by atoms with Crippen molar-refractivity contribution in [2.45, 2.75) is 13.8 Å². The first-order valence-corrected chi connectivity index (χ1v) is 7.69. The van der Waals surface area contributed by atoms with Crippen molar-refractivity contribution in [3.8, 4) is 5.75 Å². The van der Waals surface area contributed by atoms with Crippen molar-refractivity contribution in [1.29, 1.82) is 0 Å². The molecule has 2 aromatic rings. The summed E-state index contributed by atoms with van der Waals surface area (Å²) >= 11 is 3.41. The molecule has 4 heteroatoms.